The van der Waals surface area contributed by atoms with E-state index in [0.29, 0.717) is 32.2 Å². The van der Waals surface area contributed by atoms with Crippen LogP contribution in [0, 0.1) is 17.3 Å². The lowest BCUT2D eigenvalue weighted by Gasteiger charge is -2.43. The predicted octanol–water partition coefficient (Wildman–Crippen LogP) is 3.68. The standard InChI is InChI=1S/C38H68N5O10PS/c1-14-24(2)31(42(11)35(46)33(37(4,5)6)40-36(47)38(7,8)41(9)10)29(51-12)22-30(44)43-19-15-18-28(43)32(52-13)25(3)34(45)39-26(23-53-54(48,49)50)21-27-17-16-20-55-27/h16-17,20,24-26,28-29,31-33H,14-15,18-19,21-23H2,1-13H3,(H,39,45)(H,40,47)(H2,48,49,50)/t24-,25+,26-,28-,29+,31-,32+,33+/m0/s1. The first-order valence-corrected chi connectivity index (χ1v) is 21.4. The van der Waals surface area contributed by atoms with Crippen LogP contribution in [-0.2, 0) is 44.2 Å². The lowest BCUT2D eigenvalue weighted by molar-refractivity contribution is -0.149. The van der Waals surface area contributed by atoms with E-state index in [1.54, 1.807) is 42.5 Å². The Morgan fingerprint density at radius 2 is 1.69 bits per heavy atom. The van der Waals surface area contributed by atoms with Crippen molar-refractivity contribution in [2.24, 2.45) is 17.3 Å². The molecule has 8 atom stereocenters. The Labute approximate surface area is 332 Å². The van der Waals surface area contributed by atoms with E-state index in [-0.39, 0.29) is 30.1 Å². The van der Waals surface area contributed by atoms with Crippen LogP contribution in [0.15, 0.2) is 17.5 Å². The van der Waals surface area contributed by atoms with Gasteiger partial charge in [0, 0.05) is 39.1 Å². The van der Waals surface area contributed by atoms with Gasteiger partial charge in [-0.05, 0) is 63.6 Å². The first-order chi connectivity index (χ1) is 25.4. The molecular formula is C38H68N5O10PS. The van der Waals surface area contributed by atoms with Crippen LogP contribution >= 0.6 is 19.2 Å². The number of phosphoric acid groups is 1. The van der Waals surface area contributed by atoms with E-state index in [2.05, 4.69) is 10.6 Å². The topological polar surface area (TPSA) is 187 Å². The molecule has 0 unspecified atom stereocenters. The van der Waals surface area contributed by atoms with Crippen LogP contribution in [0.25, 0.3) is 0 Å². The molecular weight excluding hydrogens is 749 g/mol. The van der Waals surface area contributed by atoms with Crippen LogP contribution in [0.2, 0.25) is 0 Å². The smallest absolute Gasteiger partial charge is 0.379 e. The maximum Gasteiger partial charge on any atom is 0.469 e. The van der Waals surface area contributed by atoms with Gasteiger partial charge in [0.15, 0.2) is 0 Å². The average Bonchev–Trinajstić information content (AvgIpc) is 3.80. The Bertz CT molecular complexity index is 1450. The molecule has 316 valence electrons. The normalized spacial score (nSPS) is 19.3. The Hall–Kier alpha value is -2.43. The monoisotopic (exact) mass is 817 g/mol. The second-order valence-electron chi connectivity index (χ2n) is 16.6. The van der Waals surface area contributed by atoms with Crippen molar-refractivity contribution in [3.63, 3.8) is 0 Å². The van der Waals surface area contributed by atoms with Gasteiger partial charge in [0.2, 0.25) is 23.6 Å². The van der Waals surface area contributed by atoms with Gasteiger partial charge >= 0.3 is 7.82 Å². The molecule has 15 nitrogen and oxygen atoms in total. The Morgan fingerprint density at radius 3 is 2.18 bits per heavy atom. The number of phosphoric ester groups is 1. The molecule has 1 aliphatic rings. The minimum atomic E-state index is -4.78. The molecule has 4 amide bonds. The second-order valence-corrected chi connectivity index (χ2v) is 18.9. The molecule has 0 bridgehead atoms. The van der Waals surface area contributed by atoms with Gasteiger partial charge in [-0.1, -0.05) is 54.0 Å². The number of nitrogens with one attached hydrogen (secondary N) is 2. The Kier molecular flexibility index (Phi) is 18.5. The molecule has 17 heteroatoms. The molecule has 55 heavy (non-hydrogen) atoms. The summed E-state index contributed by atoms with van der Waals surface area (Å²) in [6.07, 6.45) is 0.917. The van der Waals surface area contributed by atoms with Gasteiger partial charge in [-0.3, -0.25) is 28.6 Å². The highest BCUT2D eigenvalue weighted by atomic mass is 32.1. The number of thiophene rings is 1. The Balaban J connectivity index is 2.31. The molecule has 0 aromatic carbocycles. The third-order valence-electron chi connectivity index (χ3n) is 11.1. The highest BCUT2D eigenvalue weighted by molar-refractivity contribution is 7.46. The highest BCUT2D eigenvalue weighted by Crippen LogP contribution is 2.36. The summed E-state index contributed by atoms with van der Waals surface area (Å²) in [5.74, 6) is -1.96. The van der Waals surface area contributed by atoms with Crippen molar-refractivity contribution in [1.29, 1.82) is 0 Å². The zero-order valence-corrected chi connectivity index (χ0v) is 36.9. The first kappa shape index (κ1) is 48.7. The van der Waals surface area contributed by atoms with Crippen LogP contribution in [0.1, 0.15) is 86.0 Å². The number of carbonyl (C=O) groups is 4. The number of hydrogen-bond acceptors (Lipinski definition) is 10. The predicted molar refractivity (Wildman–Crippen MR) is 213 cm³/mol. The maximum absolute atomic E-state index is 14.4. The molecule has 1 aliphatic heterocycles. The van der Waals surface area contributed by atoms with Gasteiger partial charge in [0.25, 0.3) is 0 Å². The molecule has 0 spiro atoms. The van der Waals surface area contributed by atoms with Crippen LogP contribution < -0.4 is 10.6 Å². The van der Waals surface area contributed by atoms with Crippen LogP contribution in [0.3, 0.4) is 0 Å². The summed E-state index contributed by atoms with van der Waals surface area (Å²) in [5, 5.41) is 7.77. The number of amides is 4. The minimum absolute atomic E-state index is 0.0283. The molecule has 1 aromatic heterocycles. The van der Waals surface area contributed by atoms with E-state index < -0.39 is 73.6 Å². The lowest BCUT2D eigenvalue weighted by Crippen LogP contribution is -2.63. The fraction of sp³-hybridized carbons (Fsp3) is 0.789. The highest BCUT2D eigenvalue weighted by Gasteiger charge is 2.45. The first-order valence-electron chi connectivity index (χ1n) is 19.0. The van der Waals surface area contributed by atoms with Crippen molar-refractivity contribution in [2.45, 2.75) is 129 Å². The van der Waals surface area contributed by atoms with Crippen LogP contribution in [-0.4, -0.2) is 139 Å². The molecule has 1 fully saturated rings. The summed E-state index contributed by atoms with van der Waals surface area (Å²) < 4.78 is 28.1. The SMILES string of the molecule is CC[C@H](C)[C@@H]([C@@H](CC(=O)N1CCC[C@H]1[C@H](OC)[C@@H](C)C(=O)N[C@H](COP(=O)(O)O)Cc1cccs1)OC)N(C)C(=O)[C@@H](NC(=O)C(C)(C)N(C)C)C(C)(C)C. The molecule has 0 aliphatic carbocycles. The number of carbonyl (C=O) groups excluding carboxylic acids is 4. The molecule has 2 heterocycles. The van der Waals surface area contributed by atoms with E-state index >= 15 is 0 Å². The van der Waals surface area contributed by atoms with Crippen molar-refractivity contribution in [1.82, 2.24) is 25.3 Å². The minimum Gasteiger partial charge on any atom is -0.379 e. The largest absolute Gasteiger partial charge is 0.469 e. The van der Waals surface area contributed by atoms with Crippen molar-refractivity contribution >= 4 is 42.8 Å². The number of rotatable bonds is 21. The van der Waals surface area contributed by atoms with E-state index in [1.807, 2.05) is 66.2 Å². The molecule has 2 rings (SSSR count). The summed E-state index contributed by atoms with van der Waals surface area (Å²) in [7, 11) is 3.58. The second kappa shape index (κ2) is 20.8. The van der Waals surface area contributed by atoms with Crippen LogP contribution in [0.5, 0.6) is 0 Å². The van der Waals surface area contributed by atoms with E-state index in [4.69, 9.17) is 14.0 Å². The summed E-state index contributed by atoms with van der Waals surface area (Å²) >= 11 is 1.46. The number of ether oxygens (including phenoxy) is 2. The van der Waals surface area contributed by atoms with Gasteiger partial charge in [-0.2, -0.15) is 0 Å². The summed E-state index contributed by atoms with van der Waals surface area (Å²) in [4.78, 5) is 80.4. The van der Waals surface area contributed by atoms with Gasteiger partial charge < -0.3 is 39.7 Å². The lowest BCUT2D eigenvalue weighted by atomic mass is 9.83. The van der Waals surface area contributed by atoms with E-state index in [1.165, 1.54) is 25.6 Å². The number of hydrogen-bond donors (Lipinski definition) is 4. The van der Waals surface area contributed by atoms with E-state index in [0.717, 1.165) is 4.88 Å². The number of likely N-dealkylation sites (tertiary alicyclic amines) is 1. The summed E-state index contributed by atoms with van der Waals surface area (Å²) in [6.45, 7) is 15.1. The van der Waals surface area contributed by atoms with Gasteiger partial charge in [0.1, 0.15) is 6.04 Å². The Morgan fingerprint density at radius 1 is 1.05 bits per heavy atom. The molecule has 0 saturated carbocycles. The summed E-state index contributed by atoms with van der Waals surface area (Å²) in [5.41, 5.74) is -1.49. The van der Waals surface area contributed by atoms with Crippen molar-refractivity contribution in [3.05, 3.63) is 22.4 Å². The van der Waals surface area contributed by atoms with Crippen molar-refractivity contribution in [3.8, 4) is 0 Å². The fourth-order valence-electron chi connectivity index (χ4n) is 7.01. The van der Waals surface area contributed by atoms with Gasteiger partial charge in [0.05, 0.1) is 54.8 Å². The van der Waals surface area contributed by atoms with Crippen molar-refractivity contribution in [2.75, 3.05) is 48.5 Å². The zero-order valence-electron chi connectivity index (χ0n) is 35.2. The van der Waals surface area contributed by atoms with Crippen molar-refractivity contribution < 1.29 is 47.5 Å². The van der Waals surface area contributed by atoms with Gasteiger partial charge in [-0.25, -0.2) is 4.57 Å². The van der Waals surface area contributed by atoms with E-state index in [9.17, 15) is 33.5 Å². The summed E-state index contributed by atoms with van der Waals surface area (Å²) in [6, 6.07) is 1.21. The number of nitrogens with zero attached hydrogens (tertiary/aromatic N) is 3. The molecule has 4 N–H and O–H groups in total. The van der Waals surface area contributed by atoms with Crippen LogP contribution in [0.4, 0.5) is 0 Å². The third-order valence-corrected chi connectivity index (χ3v) is 12.5. The average molecular weight is 818 g/mol. The zero-order chi connectivity index (χ0) is 42.1. The fourth-order valence-corrected chi connectivity index (χ4v) is 8.17. The number of likely N-dealkylation sites (N-methyl/N-ethyl adjacent to an activating group) is 2. The van der Waals surface area contributed by atoms with Gasteiger partial charge in [-0.15, -0.1) is 11.3 Å². The third kappa shape index (κ3) is 13.6. The molecule has 1 aromatic rings. The maximum atomic E-state index is 14.4. The number of methoxy groups -OCH3 is 2. The molecule has 0 radical (unpaired) electrons. The molecule has 1 saturated heterocycles. The quantitative estimate of drug-likeness (QED) is 0.133.